The molecule has 0 aliphatic heterocycles. The fourth-order valence-corrected chi connectivity index (χ4v) is 1.67. The Morgan fingerprint density at radius 3 is 2.42 bits per heavy atom. The number of amidine groups is 1. The molecular weight excluding hydrogens is 316 g/mol. The van der Waals surface area contributed by atoms with E-state index in [1.54, 1.807) is 0 Å². The summed E-state index contributed by atoms with van der Waals surface area (Å²) in [5, 5.41) is 0. The summed E-state index contributed by atoms with van der Waals surface area (Å²) in [6, 6.07) is 1.96. The fourth-order valence-electron chi connectivity index (χ4n) is 1.67. The summed E-state index contributed by atoms with van der Waals surface area (Å²) in [6.45, 7) is 6.53. The standard InChI is InChI=1S/C15H21F2N3O2.C2H6/c1-3-4-5-20-15(19)14(8-18)22-9-10-6-11(16)12(17)7-13(10)21-2;1-2/h6-8H,3-5,9,18H2,1-2H3,(H2,19,20);1-2H3/b14-8+;. The van der Waals surface area contributed by atoms with Crippen molar-refractivity contribution in [3.05, 3.63) is 41.3 Å². The van der Waals surface area contributed by atoms with E-state index < -0.39 is 11.6 Å². The van der Waals surface area contributed by atoms with Crippen molar-refractivity contribution in [3.63, 3.8) is 0 Å². The van der Waals surface area contributed by atoms with Gasteiger partial charge in [-0.15, -0.1) is 0 Å². The highest BCUT2D eigenvalue weighted by Gasteiger charge is 2.12. The van der Waals surface area contributed by atoms with Crippen molar-refractivity contribution >= 4 is 5.84 Å². The van der Waals surface area contributed by atoms with Crippen molar-refractivity contribution in [2.45, 2.75) is 40.2 Å². The van der Waals surface area contributed by atoms with Crippen molar-refractivity contribution in [2.75, 3.05) is 13.7 Å². The van der Waals surface area contributed by atoms with E-state index >= 15 is 0 Å². The maximum Gasteiger partial charge on any atom is 0.176 e. The molecule has 1 aromatic carbocycles. The summed E-state index contributed by atoms with van der Waals surface area (Å²) in [4.78, 5) is 4.13. The van der Waals surface area contributed by atoms with Crippen LogP contribution in [0.1, 0.15) is 39.2 Å². The molecule has 0 aliphatic carbocycles. The summed E-state index contributed by atoms with van der Waals surface area (Å²) in [5.74, 6) is -1.45. The largest absolute Gasteiger partial charge is 0.496 e. The molecule has 1 aromatic rings. The van der Waals surface area contributed by atoms with Gasteiger partial charge < -0.3 is 20.9 Å². The van der Waals surface area contributed by atoms with Crippen molar-refractivity contribution in [1.82, 2.24) is 0 Å². The van der Waals surface area contributed by atoms with E-state index in [-0.39, 0.29) is 24.0 Å². The van der Waals surface area contributed by atoms with Gasteiger partial charge in [0.05, 0.1) is 7.11 Å². The second kappa shape index (κ2) is 12.2. The number of hydrogen-bond acceptors (Lipinski definition) is 4. The number of hydrogen-bond donors (Lipinski definition) is 2. The SMILES string of the molecule is CC.CCCCN=C(N)/C(=C\N)OCc1cc(F)c(F)cc1OC. The van der Waals surface area contributed by atoms with Gasteiger partial charge in [0.15, 0.2) is 23.2 Å². The highest BCUT2D eigenvalue weighted by atomic mass is 19.2. The number of aliphatic imine (C=N–C) groups is 1. The molecule has 0 saturated carbocycles. The summed E-state index contributed by atoms with van der Waals surface area (Å²) in [7, 11) is 1.36. The smallest absolute Gasteiger partial charge is 0.176 e. The first kappa shape index (κ1) is 21.7. The molecule has 0 radical (unpaired) electrons. The predicted octanol–water partition coefficient (Wildman–Crippen LogP) is 3.47. The molecular formula is C17H27F2N3O2. The molecule has 4 N–H and O–H groups in total. The Morgan fingerprint density at radius 1 is 1.25 bits per heavy atom. The molecule has 0 unspecified atom stereocenters. The van der Waals surface area contributed by atoms with Gasteiger partial charge in [0.25, 0.3) is 0 Å². The first-order chi connectivity index (χ1) is 11.5. The number of halogens is 2. The molecule has 0 heterocycles. The lowest BCUT2D eigenvalue weighted by Crippen LogP contribution is -2.19. The normalized spacial score (nSPS) is 11.6. The van der Waals surface area contributed by atoms with E-state index in [0.717, 1.165) is 25.0 Å². The Morgan fingerprint density at radius 2 is 1.88 bits per heavy atom. The lowest BCUT2D eigenvalue weighted by Gasteiger charge is -2.12. The average Bonchev–Trinajstić information content (AvgIpc) is 2.60. The minimum Gasteiger partial charge on any atom is -0.496 e. The van der Waals surface area contributed by atoms with Crippen LogP contribution in [0.25, 0.3) is 0 Å². The van der Waals surface area contributed by atoms with E-state index in [9.17, 15) is 8.78 Å². The van der Waals surface area contributed by atoms with E-state index in [2.05, 4.69) is 4.99 Å². The second-order valence-electron chi connectivity index (χ2n) is 4.52. The van der Waals surface area contributed by atoms with Gasteiger partial charge in [-0.3, -0.25) is 4.99 Å². The zero-order valence-electron chi connectivity index (χ0n) is 14.7. The van der Waals surface area contributed by atoms with Gasteiger partial charge >= 0.3 is 0 Å². The predicted molar refractivity (Wildman–Crippen MR) is 92.7 cm³/mol. The molecule has 0 atom stereocenters. The average molecular weight is 343 g/mol. The molecule has 0 amide bonds. The van der Waals surface area contributed by atoms with Crippen LogP contribution in [0.2, 0.25) is 0 Å². The Hall–Kier alpha value is -2.31. The summed E-state index contributed by atoms with van der Waals surface area (Å²) >= 11 is 0. The van der Waals surface area contributed by atoms with Gasteiger partial charge in [-0.1, -0.05) is 27.2 Å². The maximum atomic E-state index is 13.3. The van der Waals surface area contributed by atoms with Crippen molar-refractivity contribution in [2.24, 2.45) is 16.5 Å². The molecule has 7 heteroatoms. The highest BCUT2D eigenvalue weighted by molar-refractivity contribution is 5.94. The van der Waals surface area contributed by atoms with Gasteiger partial charge in [-0.2, -0.15) is 0 Å². The monoisotopic (exact) mass is 343 g/mol. The van der Waals surface area contributed by atoms with Crippen LogP contribution in [0, 0.1) is 11.6 Å². The zero-order valence-corrected chi connectivity index (χ0v) is 14.7. The van der Waals surface area contributed by atoms with E-state index in [1.807, 2.05) is 20.8 Å². The summed E-state index contributed by atoms with van der Waals surface area (Å²) in [6.07, 6.45) is 3.07. The van der Waals surface area contributed by atoms with Crippen LogP contribution in [-0.2, 0) is 11.3 Å². The molecule has 0 aliphatic rings. The van der Waals surface area contributed by atoms with Gasteiger partial charge in [0.1, 0.15) is 12.4 Å². The second-order valence-corrected chi connectivity index (χ2v) is 4.52. The summed E-state index contributed by atoms with van der Waals surface area (Å²) < 4.78 is 36.8. The third-order valence-corrected chi connectivity index (χ3v) is 2.90. The van der Waals surface area contributed by atoms with Crippen LogP contribution in [0.15, 0.2) is 29.1 Å². The van der Waals surface area contributed by atoms with Crippen LogP contribution < -0.4 is 16.2 Å². The molecule has 24 heavy (non-hydrogen) atoms. The Labute approximate surface area is 142 Å². The van der Waals surface area contributed by atoms with E-state index in [1.165, 1.54) is 13.3 Å². The molecule has 0 aromatic heterocycles. The van der Waals surface area contributed by atoms with Crippen molar-refractivity contribution in [3.8, 4) is 5.75 Å². The number of methoxy groups -OCH3 is 1. The van der Waals surface area contributed by atoms with Crippen LogP contribution in [0.3, 0.4) is 0 Å². The van der Waals surface area contributed by atoms with Gasteiger partial charge in [0, 0.05) is 24.4 Å². The Bertz CT molecular complexity index is 561. The van der Waals surface area contributed by atoms with Crippen molar-refractivity contribution in [1.29, 1.82) is 0 Å². The first-order valence-corrected chi connectivity index (χ1v) is 7.90. The molecule has 1 rings (SSSR count). The Balaban J connectivity index is 0.00000254. The number of ether oxygens (including phenoxy) is 2. The molecule has 0 spiro atoms. The third-order valence-electron chi connectivity index (χ3n) is 2.90. The Kier molecular flexibility index (Phi) is 11.0. The number of rotatable bonds is 8. The number of nitrogens with two attached hydrogens (primary N) is 2. The number of nitrogens with zero attached hydrogens (tertiary/aromatic N) is 1. The van der Waals surface area contributed by atoms with Gasteiger partial charge in [-0.05, 0) is 12.5 Å². The quantitative estimate of drug-likeness (QED) is 0.328. The molecule has 136 valence electrons. The molecule has 0 fully saturated rings. The van der Waals surface area contributed by atoms with Crippen molar-refractivity contribution < 1.29 is 18.3 Å². The highest BCUT2D eigenvalue weighted by Crippen LogP contribution is 2.23. The number of unbranched alkanes of at least 4 members (excludes halogenated alkanes) is 1. The number of benzene rings is 1. The maximum absolute atomic E-state index is 13.3. The topological polar surface area (TPSA) is 82.9 Å². The zero-order chi connectivity index (χ0) is 18.5. The van der Waals surface area contributed by atoms with Crippen LogP contribution in [-0.4, -0.2) is 19.5 Å². The lowest BCUT2D eigenvalue weighted by atomic mass is 10.2. The van der Waals surface area contributed by atoms with E-state index in [4.69, 9.17) is 20.9 Å². The lowest BCUT2D eigenvalue weighted by molar-refractivity contribution is 0.211. The minimum atomic E-state index is -0.990. The van der Waals surface area contributed by atoms with Crippen LogP contribution in [0.5, 0.6) is 5.75 Å². The molecule has 5 nitrogen and oxygen atoms in total. The molecule has 0 saturated heterocycles. The minimum absolute atomic E-state index is 0.0760. The van der Waals surface area contributed by atoms with Gasteiger partial charge in [0.2, 0.25) is 0 Å². The van der Waals surface area contributed by atoms with Crippen LogP contribution in [0.4, 0.5) is 8.78 Å². The van der Waals surface area contributed by atoms with E-state index in [0.29, 0.717) is 12.1 Å². The molecule has 0 bridgehead atoms. The fraction of sp³-hybridized carbons (Fsp3) is 0.471. The third kappa shape index (κ3) is 6.85. The van der Waals surface area contributed by atoms with Gasteiger partial charge in [-0.25, -0.2) is 8.78 Å². The first-order valence-electron chi connectivity index (χ1n) is 7.90. The van der Waals surface area contributed by atoms with Crippen LogP contribution >= 0.6 is 0 Å². The summed E-state index contributed by atoms with van der Waals surface area (Å²) in [5.41, 5.74) is 11.6.